The third-order valence-corrected chi connectivity index (χ3v) is 4.84. The maximum Gasteiger partial charge on any atom is 0.269 e. The first-order chi connectivity index (χ1) is 12.2. The molecule has 8 nitrogen and oxygen atoms in total. The van der Waals surface area contributed by atoms with E-state index in [1.807, 2.05) is 13.8 Å². The van der Waals surface area contributed by atoms with Gasteiger partial charge in [-0.3, -0.25) is 19.7 Å². The minimum Gasteiger partial charge on any atom is -0.481 e. The van der Waals surface area contributed by atoms with Crippen LogP contribution in [0.25, 0.3) is 0 Å². The lowest BCUT2D eigenvalue weighted by atomic mass is 10.1. The lowest BCUT2D eigenvalue weighted by Gasteiger charge is -2.14. The third kappa shape index (κ3) is 4.17. The Hall–Kier alpha value is -2.94. The Morgan fingerprint density at radius 3 is 2.46 bits per heavy atom. The van der Waals surface area contributed by atoms with Gasteiger partial charge in [0, 0.05) is 17.0 Å². The summed E-state index contributed by atoms with van der Waals surface area (Å²) in [6.07, 6.45) is -0.240. The van der Waals surface area contributed by atoms with Crippen molar-refractivity contribution in [3.05, 3.63) is 50.4 Å². The highest BCUT2D eigenvalue weighted by Gasteiger charge is 2.23. The standard InChI is InChI=1S/C17H19N3O5S/c1-4-13-10(3)26-17(14(13)15(18)21)19-16(22)9(2)25-12-7-5-11(6-8-12)20(23)24/h5-9H,4H2,1-3H3,(H2,18,21)(H,19,22). The highest BCUT2D eigenvalue weighted by Crippen LogP contribution is 2.33. The molecule has 1 aromatic heterocycles. The zero-order chi connectivity index (χ0) is 19.4. The lowest BCUT2D eigenvalue weighted by molar-refractivity contribution is -0.384. The third-order valence-electron chi connectivity index (χ3n) is 3.78. The molecule has 2 aromatic rings. The van der Waals surface area contributed by atoms with Crippen LogP contribution < -0.4 is 15.8 Å². The number of non-ortho nitro benzene ring substituents is 1. The van der Waals surface area contributed by atoms with E-state index in [4.69, 9.17) is 10.5 Å². The normalized spacial score (nSPS) is 11.7. The first-order valence-corrected chi connectivity index (χ1v) is 8.70. The maximum absolute atomic E-state index is 12.4. The number of nitrogens with zero attached hydrogens (tertiary/aromatic N) is 1. The van der Waals surface area contributed by atoms with E-state index in [2.05, 4.69) is 5.32 Å². The van der Waals surface area contributed by atoms with Gasteiger partial charge in [-0.2, -0.15) is 0 Å². The summed E-state index contributed by atoms with van der Waals surface area (Å²) in [6, 6.07) is 5.42. The van der Waals surface area contributed by atoms with Crippen molar-refractivity contribution in [2.75, 3.05) is 5.32 Å². The van der Waals surface area contributed by atoms with Crippen LogP contribution in [-0.2, 0) is 11.2 Å². The number of aryl methyl sites for hydroxylation is 1. The lowest BCUT2D eigenvalue weighted by Crippen LogP contribution is -2.30. The number of hydrogen-bond donors (Lipinski definition) is 2. The number of nitro benzene ring substituents is 1. The number of ether oxygens (including phenoxy) is 1. The van der Waals surface area contributed by atoms with E-state index in [0.717, 1.165) is 10.4 Å². The molecule has 0 aliphatic heterocycles. The Bertz CT molecular complexity index is 845. The molecule has 2 rings (SSSR count). The summed E-state index contributed by atoms with van der Waals surface area (Å²) >= 11 is 1.29. The van der Waals surface area contributed by atoms with E-state index in [1.165, 1.54) is 35.6 Å². The minimum absolute atomic E-state index is 0.0679. The number of carbonyl (C=O) groups is 2. The molecule has 0 radical (unpaired) electrons. The first kappa shape index (κ1) is 19.4. The fraction of sp³-hybridized carbons (Fsp3) is 0.294. The number of primary amides is 1. The summed E-state index contributed by atoms with van der Waals surface area (Å²) in [5.41, 5.74) is 6.53. The van der Waals surface area contributed by atoms with Crippen molar-refractivity contribution in [3.63, 3.8) is 0 Å². The minimum atomic E-state index is -0.871. The van der Waals surface area contributed by atoms with E-state index >= 15 is 0 Å². The topological polar surface area (TPSA) is 125 Å². The second kappa shape index (κ2) is 7.96. The molecule has 1 heterocycles. The van der Waals surface area contributed by atoms with Crippen molar-refractivity contribution in [2.45, 2.75) is 33.3 Å². The molecule has 0 saturated carbocycles. The highest BCUT2D eigenvalue weighted by molar-refractivity contribution is 7.16. The van der Waals surface area contributed by atoms with Crippen LogP contribution in [0.1, 0.15) is 34.6 Å². The van der Waals surface area contributed by atoms with Crippen LogP contribution in [0.3, 0.4) is 0 Å². The smallest absolute Gasteiger partial charge is 0.269 e. The molecule has 0 fully saturated rings. The fourth-order valence-electron chi connectivity index (χ4n) is 2.47. The van der Waals surface area contributed by atoms with Crippen molar-refractivity contribution in [2.24, 2.45) is 5.73 Å². The number of nitro groups is 1. The van der Waals surface area contributed by atoms with Gasteiger partial charge < -0.3 is 15.8 Å². The molecule has 9 heteroatoms. The molecule has 0 saturated heterocycles. The number of rotatable bonds is 7. The van der Waals surface area contributed by atoms with Gasteiger partial charge in [0.25, 0.3) is 17.5 Å². The molecular formula is C17H19N3O5S. The van der Waals surface area contributed by atoms with Gasteiger partial charge >= 0.3 is 0 Å². The molecule has 138 valence electrons. The van der Waals surface area contributed by atoms with Crippen LogP contribution in [0.15, 0.2) is 24.3 Å². The monoisotopic (exact) mass is 377 g/mol. The molecule has 0 spiro atoms. The van der Waals surface area contributed by atoms with Gasteiger partial charge in [-0.05, 0) is 38.0 Å². The summed E-state index contributed by atoms with van der Waals surface area (Å²) in [5, 5.41) is 13.7. The summed E-state index contributed by atoms with van der Waals surface area (Å²) in [6.45, 7) is 5.32. The van der Waals surface area contributed by atoms with Crippen LogP contribution in [0, 0.1) is 17.0 Å². The van der Waals surface area contributed by atoms with Crippen LogP contribution in [-0.4, -0.2) is 22.8 Å². The summed E-state index contributed by atoms with van der Waals surface area (Å²) in [5.74, 6) is -0.717. The van der Waals surface area contributed by atoms with Crippen molar-refractivity contribution in [3.8, 4) is 5.75 Å². The van der Waals surface area contributed by atoms with Gasteiger partial charge in [-0.25, -0.2) is 0 Å². The van der Waals surface area contributed by atoms with E-state index in [-0.39, 0.29) is 5.69 Å². The Kier molecular flexibility index (Phi) is 5.93. The van der Waals surface area contributed by atoms with Crippen molar-refractivity contribution < 1.29 is 19.2 Å². The van der Waals surface area contributed by atoms with Crippen molar-refractivity contribution in [1.29, 1.82) is 0 Å². The van der Waals surface area contributed by atoms with Gasteiger partial charge in [-0.15, -0.1) is 11.3 Å². The second-order valence-electron chi connectivity index (χ2n) is 5.56. The number of thiophene rings is 1. The van der Waals surface area contributed by atoms with E-state index < -0.39 is 22.8 Å². The van der Waals surface area contributed by atoms with Crippen LogP contribution in [0.4, 0.5) is 10.7 Å². The Labute approximate surface area is 154 Å². The van der Waals surface area contributed by atoms with Crippen LogP contribution in [0.5, 0.6) is 5.75 Å². The van der Waals surface area contributed by atoms with Gasteiger partial charge in [0.15, 0.2) is 6.10 Å². The predicted molar refractivity (Wildman–Crippen MR) is 98.8 cm³/mol. The SMILES string of the molecule is CCc1c(C)sc(NC(=O)C(C)Oc2ccc([N+](=O)[O-])cc2)c1C(N)=O. The van der Waals surface area contributed by atoms with Crippen molar-refractivity contribution >= 4 is 33.8 Å². The quantitative estimate of drug-likeness (QED) is 0.567. The highest BCUT2D eigenvalue weighted by atomic mass is 32.1. The Balaban J connectivity index is 2.12. The number of nitrogens with one attached hydrogen (secondary N) is 1. The molecule has 2 amide bonds. The molecule has 1 atom stereocenters. The molecule has 0 aliphatic rings. The summed E-state index contributed by atoms with van der Waals surface area (Å²) in [7, 11) is 0. The number of anilines is 1. The Morgan fingerprint density at radius 2 is 1.96 bits per heavy atom. The molecule has 0 aliphatic carbocycles. The fourth-order valence-corrected chi connectivity index (χ4v) is 3.62. The van der Waals surface area contributed by atoms with Gasteiger partial charge in [0.1, 0.15) is 10.8 Å². The average Bonchev–Trinajstić information content (AvgIpc) is 2.90. The maximum atomic E-state index is 12.4. The van der Waals surface area contributed by atoms with Gasteiger partial charge in [0.05, 0.1) is 10.5 Å². The van der Waals surface area contributed by atoms with Crippen LogP contribution in [0.2, 0.25) is 0 Å². The zero-order valence-electron chi connectivity index (χ0n) is 14.6. The number of nitrogens with two attached hydrogens (primary N) is 1. The van der Waals surface area contributed by atoms with Crippen molar-refractivity contribution in [1.82, 2.24) is 0 Å². The van der Waals surface area contributed by atoms with E-state index in [1.54, 1.807) is 6.92 Å². The zero-order valence-corrected chi connectivity index (χ0v) is 15.4. The molecule has 1 aromatic carbocycles. The number of carbonyl (C=O) groups excluding carboxylic acids is 2. The number of benzene rings is 1. The van der Waals surface area contributed by atoms with Crippen LogP contribution >= 0.6 is 11.3 Å². The Morgan fingerprint density at radius 1 is 1.35 bits per heavy atom. The molecule has 0 bridgehead atoms. The second-order valence-corrected chi connectivity index (χ2v) is 6.78. The average molecular weight is 377 g/mol. The first-order valence-electron chi connectivity index (χ1n) is 7.88. The molecule has 26 heavy (non-hydrogen) atoms. The summed E-state index contributed by atoms with van der Waals surface area (Å²) < 4.78 is 5.50. The molecular weight excluding hydrogens is 358 g/mol. The van der Waals surface area contributed by atoms with Gasteiger partial charge in [0.2, 0.25) is 0 Å². The van der Waals surface area contributed by atoms with Gasteiger partial charge in [-0.1, -0.05) is 6.92 Å². The number of hydrogen-bond acceptors (Lipinski definition) is 6. The van der Waals surface area contributed by atoms with E-state index in [0.29, 0.717) is 22.7 Å². The largest absolute Gasteiger partial charge is 0.481 e. The predicted octanol–water partition coefficient (Wildman–Crippen LogP) is 3.03. The molecule has 3 N–H and O–H groups in total. The van der Waals surface area contributed by atoms with E-state index in [9.17, 15) is 19.7 Å². The molecule has 1 unspecified atom stereocenters. The summed E-state index contributed by atoms with van der Waals surface area (Å²) in [4.78, 5) is 35.2. The number of amides is 2.